The Balaban J connectivity index is 2.41. The van der Waals surface area contributed by atoms with Crippen LogP contribution >= 0.6 is 11.8 Å². The van der Waals surface area contributed by atoms with Crippen LogP contribution in [0.2, 0.25) is 0 Å². The molecular weight excluding hydrogens is 220 g/mol. The van der Waals surface area contributed by atoms with Crippen molar-refractivity contribution in [2.24, 2.45) is 0 Å². The van der Waals surface area contributed by atoms with E-state index in [1.165, 1.54) is 25.7 Å². The number of nitrogens with zero attached hydrogens (tertiary/aromatic N) is 1. The standard InChI is InChI=1S/C12H20N2OS/c1-3-4-5-6-9-16-10-7-8-14-12(15-2)11(10)13/h7-8H,3-6,9,13H2,1-2H3. The summed E-state index contributed by atoms with van der Waals surface area (Å²) in [5, 5.41) is 0. The van der Waals surface area contributed by atoms with Crippen LogP contribution in [0.25, 0.3) is 0 Å². The van der Waals surface area contributed by atoms with Crippen molar-refractivity contribution in [1.29, 1.82) is 0 Å². The molecule has 1 aromatic heterocycles. The molecule has 0 saturated heterocycles. The minimum atomic E-state index is 0.526. The normalized spacial score (nSPS) is 10.4. The van der Waals surface area contributed by atoms with Crippen molar-refractivity contribution in [2.45, 2.75) is 37.5 Å². The molecule has 1 heterocycles. The van der Waals surface area contributed by atoms with E-state index < -0.39 is 0 Å². The molecular formula is C12H20N2OS. The van der Waals surface area contributed by atoms with Crippen LogP contribution in [0, 0.1) is 0 Å². The molecule has 0 aliphatic rings. The summed E-state index contributed by atoms with van der Waals surface area (Å²) in [7, 11) is 1.59. The van der Waals surface area contributed by atoms with Crippen LogP contribution in [-0.4, -0.2) is 17.8 Å². The minimum absolute atomic E-state index is 0.526. The second-order valence-electron chi connectivity index (χ2n) is 3.64. The fourth-order valence-electron chi connectivity index (χ4n) is 1.44. The number of ether oxygens (including phenoxy) is 1. The molecule has 0 aromatic carbocycles. The van der Waals surface area contributed by atoms with Crippen molar-refractivity contribution in [3.8, 4) is 5.88 Å². The van der Waals surface area contributed by atoms with E-state index in [9.17, 15) is 0 Å². The van der Waals surface area contributed by atoms with Crippen molar-refractivity contribution in [3.63, 3.8) is 0 Å². The lowest BCUT2D eigenvalue weighted by atomic mass is 10.2. The molecule has 2 N–H and O–H groups in total. The highest BCUT2D eigenvalue weighted by Crippen LogP contribution is 2.31. The van der Waals surface area contributed by atoms with Gasteiger partial charge in [0.25, 0.3) is 0 Å². The quantitative estimate of drug-likeness (QED) is 0.586. The zero-order chi connectivity index (χ0) is 11.8. The van der Waals surface area contributed by atoms with Gasteiger partial charge in [-0.25, -0.2) is 4.98 Å². The van der Waals surface area contributed by atoms with E-state index in [2.05, 4.69) is 11.9 Å². The average molecular weight is 240 g/mol. The van der Waals surface area contributed by atoms with Gasteiger partial charge in [0.05, 0.1) is 7.11 Å². The topological polar surface area (TPSA) is 48.1 Å². The zero-order valence-corrected chi connectivity index (χ0v) is 10.8. The van der Waals surface area contributed by atoms with Crippen LogP contribution in [0.4, 0.5) is 5.69 Å². The van der Waals surface area contributed by atoms with Crippen LogP contribution in [0.15, 0.2) is 17.2 Å². The first-order chi connectivity index (χ1) is 7.79. The number of aromatic nitrogens is 1. The predicted molar refractivity (Wildman–Crippen MR) is 70.1 cm³/mol. The SMILES string of the molecule is CCCCCCSc1ccnc(OC)c1N. The number of hydrogen-bond donors (Lipinski definition) is 1. The van der Waals surface area contributed by atoms with Crippen molar-refractivity contribution in [1.82, 2.24) is 4.98 Å². The second kappa shape index (κ2) is 7.39. The molecule has 0 atom stereocenters. The largest absolute Gasteiger partial charge is 0.479 e. The summed E-state index contributed by atoms with van der Waals surface area (Å²) in [5.74, 6) is 1.63. The summed E-state index contributed by atoms with van der Waals surface area (Å²) >= 11 is 1.78. The van der Waals surface area contributed by atoms with Gasteiger partial charge in [0.2, 0.25) is 5.88 Å². The Morgan fingerprint density at radius 3 is 2.88 bits per heavy atom. The molecule has 0 fully saturated rings. The summed E-state index contributed by atoms with van der Waals surface area (Å²) < 4.78 is 5.08. The van der Waals surface area contributed by atoms with E-state index >= 15 is 0 Å². The molecule has 16 heavy (non-hydrogen) atoms. The Labute approximate surface area is 102 Å². The third-order valence-electron chi connectivity index (χ3n) is 2.36. The first-order valence-electron chi connectivity index (χ1n) is 5.70. The molecule has 4 heteroatoms. The highest BCUT2D eigenvalue weighted by molar-refractivity contribution is 7.99. The smallest absolute Gasteiger partial charge is 0.238 e. The highest BCUT2D eigenvalue weighted by atomic mass is 32.2. The van der Waals surface area contributed by atoms with Crippen LogP contribution < -0.4 is 10.5 Å². The van der Waals surface area contributed by atoms with Gasteiger partial charge in [0.1, 0.15) is 5.69 Å². The van der Waals surface area contributed by atoms with E-state index in [1.54, 1.807) is 25.1 Å². The van der Waals surface area contributed by atoms with Gasteiger partial charge in [-0.15, -0.1) is 11.8 Å². The number of pyridine rings is 1. The highest BCUT2D eigenvalue weighted by Gasteiger charge is 2.06. The van der Waals surface area contributed by atoms with E-state index in [4.69, 9.17) is 10.5 Å². The number of nitrogens with two attached hydrogens (primary N) is 1. The molecule has 0 unspecified atom stereocenters. The summed E-state index contributed by atoms with van der Waals surface area (Å²) in [4.78, 5) is 5.13. The van der Waals surface area contributed by atoms with Gasteiger partial charge >= 0.3 is 0 Å². The summed E-state index contributed by atoms with van der Waals surface area (Å²) in [6.07, 6.45) is 6.86. The van der Waals surface area contributed by atoms with Gasteiger partial charge in [-0.2, -0.15) is 0 Å². The number of hydrogen-bond acceptors (Lipinski definition) is 4. The summed E-state index contributed by atoms with van der Waals surface area (Å²) in [6.45, 7) is 2.22. The number of thioether (sulfide) groups is 1. The lowest BCUT2D eigenvalue weighted by molar-refractivity contribution is 0.399. The lowest BCUT2D eigenvalue weighted by Gasteiger charge is -2.08. The van der Waals surface area contributed by atoms with Crippen molar-refractivity contribution in [3.05, 3.63) is 12.3 Å². The Morgan fingerprint density at radius 1 is 1.38 bits per heavy atom. The van der Waals surface area contributed by atoms with Crippen LogP contribution in [0.5, 0.6) is 5.88 Å². The zero-order valence-electron chi connectivity index (χ0n) is 10.0. The molecule has 0 spiro atoms. The first-order valence-corrected chi connectivity index (χ1v) is 6.69. The summed E-state index contributed by atoms with van der Waals surface area (Å²) in [5.41, 5.74) is 6.58. The number of methoxy groups -OCH3 is 1. The molecule has 3 nitrogen and oxygen atoms in total. The van der Waals surface area contributed by atoms with Gasteiger partial charge in [0.15, 0.2) is 0 Å². The van der Waals surface area contributed by atoms with Crippen LogP contribution in [0.1, 0.15) is 32.6 Å². The predicted octanol–water partition coefficient (Wildman–Crippen LogP) is 3.34. The third-order valence-corrected chi connectivity index (χ3v) is 3.52. The molecule has 1 aromatic rings. The number of unbranched alkanes of at least 4 members (excludes halogenated alkanes) is 3. The summed E-state index contributed by atoms with van der Waals surface area (Å²) in [6, 6.07) is 1.95. The third kappa shape index (κ3) is 3.93. The molecule has 0 aliphatic carbocycles. The fraction of sp³-hybridized carbons (Fsp3) is 0.583. The number of nitrogen functional groups attached to an aromatic ring is 1. The van der Waals surface area contributed by atoms with Crippen LogP contribution in [0.3, 0.4) is 0 Å². The van der Waals surface area contributed by atoms with Gasteiger partial charge in [-0.1, -0.05) is 26.2 Å². The monoisotopic (exact) mass is 240 g/mol. The van der Waals surface area contributed by atoms with Crippen molar-refractivity contribution >= 4 is 17.4 Å². The average Bonchev–Trinajstić information content (AvgIpc) is 2.31. The Hall–Kier alpha value is -0.900. The van der Waals surface area contributed by atoms with Gasteiger partial charge in [-0.3, -0.25) is 0 Å². The number of anilines is 1. The van der Waals surface area contributed by atoms with Crippen LogP contribution in [-0.2, 0) is 0 Å². The van der Waals surface area contributed by atoms with E-state index in [0.717, 1.165) is 10.6 Å². The first kappa shape index (κ1) is 13.2. The van der Waals surface area contributed by atoms with Gasteiger partial charge in [0, 0.05) is 11.1 Å². The maximum atomic E-state index is 5.93. The van der Waals surface area contributed by atoms with Crippen molar-refractivity contribution in [2.75, 3.05) is 18.6 Å². The van der Waals surface area contributed by atoms with Crippen molar-refractivity contribution < 1.29 is 4.74 Å². The molecule has 0 amide bonds. The Bertz CT molecular complexity index is 318. The molecule has 0 radical (unpaired) electrons. The second-order valence-corrected chi connectivity index (χ2v) is 4.78. The minimum Gasteiger partial charge on any atom is -0.479 e. The van der Waals surface area contributed by atoms with E-state index in [1.807, 2.05) is 6.07 Å². The Morgan fingerprint density at radius 2 is 2.19 bits per heavy atom. The lowest BCUT2D eigenvalue weighted by Crippen LogP contribution is -1.97. The molecule has 0 bridgehead atoms. The molecule has 0 aliphatic heterocycles. The number of rotatable bonds is 7. The van der Waals surface area contributed by atoms with Gasteiger partial charge in [-0.05, 0) is 18.2 Å². The van der Waals surface area contributed by atoms with E-state index in [0.29, 0.717) is 11.6 Å². The Kier molecular flexibility index (Phi) is 6.08. The molecule has 1 rings (SSSR count). The van der Waals surface area contributed by atoms with E-state index in [-0.39, 0.29) is 0 Å². The molecule has 0 saturated carbocycles. The fourth-order valence-corrected chi connectivity index (χ4v) is 2.41. The van der Waals surface area contributed by atoms with Gasteiger partial charge < -0.3 is 10.5 Å². The maximum Gasteiger partial charge on any atom is 0.238 e. The molecule has 90 valence electrons. The maximum absolute atomic E-state index is 5.93.